The van der Waals surface area contributed by atoms with E-state index < -0.39 is 0 Å². The predicted molar refractivity (Wildman–Crippen MR) is 70.2 cm³/mol. The van der Waals surface area contributed by atoms with Crippen LogP contribution in [-0.2, 0) is 0 Å². The van der Waals surface area contributed by atoms with Crippen LogP contribution >= 0.6 is 0 Å². The monoisotopic (exact) mass is 231 g/mol. The second-order valence-electron chi connectivity index (χ2n) is 5.23. The maximum Gasteiger partial charge on any atom is 0.167 e. The van der Waals surface area contributed by atoms with Gasteiger partial charge in [-0.25, -0.2) is 0 Å². The molecule has 1 aromatic rings. The molecular weight excluding hydrogens is 210 g/mol. The van der Waals surface area contributed by atoms with Crippen LogP contribution in [-0.4, -0.2) is 11.8 Å². The Kier molecular flexibility index (Phi) is 3.63. The minimum Gasteiger partial charge on any atom is -0.327 e. The summed E-state index contributed by atoms with van der Waals surface area (Å²) < 4.78 is 0. The molecule has 2 nitrogen and oxygen atoms in total. The van der Waals surface area contributed by atoms with E-state index in [1.165, 1.54) is 24.8 Å². The molecule has 1 aromatic carbocycles. The minimum absolute atomic E-state index is 0.0862. The third-order valence-electron chi connectivity index (χ3n) is 3.97. The Hall–Kier alpha value is -1.15. The predicted octanol–water partition coefficient (Wildman–Crippen LogP) is 3.12. The van der Waals surface area contributed by atoms with E-state index in [1.807, 2.05) is 32.0 Å². The number of Topliss-reactive ketones (excluding diaryl/α,β-unsaturated/α-hetero) is 1. The average molecular weight is 231 g/mol. The van der Waals surface area contributed by atoms with E-state index >= 15 is 0 Å². The molecule has 2 heteroatoms. The molecule has 1 saturated carbocycles. The van der Waals surface area contributed by atoms with Gasteiger partial charge in [0.25, 0.3) is 0 Å². The van der Waals surface area contributed by atoms with Gasteiger partial charge in [0.15, 0.2) is 5.78 Å². The van der Waals surface area contributed by atoms with Gasteiger partial charge in [0.1, 0.15) is 0 Å². The van der Waals surface area contributed by atoms with E-state index in [2.05, 4.69) is 6.07 Å². The molecule has 0 heterocycles. The highest BCUT2D eigenvalue weighted by atomic mass is 16.1. The summed E-state index contributed by atoms with van der Waals surface area (Å²) >= 11 is 0. The molecule has 0 radical (unpaired) electrons. The van der Waals surface area contributed by atoms with Crippen LogP contribution in [0.5, 0.6) is 0 Å². The summed E-state index contributed by atoms with van der Waals surface area (Å²) in [7, 11) is 0. The van der Waals surface area contributed by atoms with E-state index in [0.29, 0.717) is 5.92 Å². The van der Waals surface area contributed by atoms with Gasteiger partial charge in [-0.3, -0.25) is 4.79 Å². The quantitative estimate of drug-likeness (QED) is 0.809. The summed E-state index contributed by atoms with van der Waals surface area (Å²) in [6.07, 6.45) is 3.73. The first-order valence-corrected chi connectivity index (χ1v) is 6.50. The smallest absolute Gasteiger partial charge is 0.167 e. The van der Waals surface area contributed by atoms with Gasteiger partial charge in [-0.15, -0.1) is 0 Å². The summed E-state index contributed by atoms with van der Waals surface area (Å²) in [4.78, 5) is 12.4. The number of hydrogen-bond donors (Lipinski definition) is 1. The number of carbonyl (C=O) groups excluding carboxylic acids is 1. The molecule has 1 aliphatic carbocycles. The van der Waals surface area contributed by atoms with Crippen LogP contribution in [0, 0.1) is 5.92 Å². The van der Waals surface area contributed by atoms with Crippen LogP contribution in [0.3, 0.4) is 0 Å². The van der Waals surface area contributed by atoms with E-state index in [9.17, 15) is 4.79 Å². The molecule has 1 fully saturated rings. The van der Waals surface area contributed by atoms with E-state index in [1.54, 1.807) is 0 Å². The number of ketones is 1. The molecule has 0 bridgehead atoms. The highest BCUT2D eigenvalue weighted by Crippen LogP contribution is 2.38. The molecule has 92 valence electrons. The molecular formula is C15H21NO. The van der Waals surface area contributed by atoms with Gasteiger partial charge < -0.3 is 5.73 Å². The standard InChI is InChI=1S/C15H21NO/c1-10(11(2)16)15(17)14-9-4-3-8-13(14)12-6-5-7-12/h3-4,8-12H,5-7,16H2,1-2H3. The number of rotatable bonds is 4. The van der Waals surface area contributed by atoms with Gasteiger partial charge in [0, 0.05) is 17.5 Å². The molecule has 2 unspecified atom stereocenters. The molecule has 0 saturated heterocycles. The van der Waals surface area contributed by atoms with E-state index in [-0.39, 0.29) is 17.7 Å². The topological polar surface area (TPSA) is 43.1 Å². The molecule has 2 rings (SSSR count). The van der Waals surface area contributed by atoms with Crippen molar-refractivity contribution >= 4 is 5.78 Å². The molecule has 0 spiro atoms. The fourth-order valence-corrected chi connectivity index (χ4v) is 2.28. The van der Waals surface area contributed by atoms with Crippen LogP contribution < -0.4 is 5.73 Å². The van der Waals surface area contributed by atoms with Crippen LogP contribution in [0.15, 0.2) is 24.3 Å². The molecule has 2 atom stereocenters. The summed E-state index contributed by atoms with van der Waals surface area (Å²) in [5.41, 5.74) is 7.95. The zero-order chi connectivity index (χ0) is 12.4. The first-order valence-electron chi connectivity index (χ1n) is 6.50. The van der Waals surface area contributed by atoms with Crippen molar-refractivity contribution in [2.75, 3.05) is 0 Å². The number of nitrogens with two attached hydrogens (primary N) is 1. The van der Waals surface area contributed by atoms with Gasteiger partial charge in [-0.2, -0.15) is 0 Å². The highest BCUT2D eigenvalue weighted by Gasteiger charge is 2.27. The third-order valence-corrected chi connectivity index (χ3v) is 3.97. The lowest BCUT2D eigenvalue weighted by Crippen LogP contribution is -2.31. The first-order chi connectivity index (χ1) is 8.11. The third kappa shape index (κ3) is 2.42. The van der Waals surface area contributed by atoms with Gasteiger partial charge in [0.05, 0.1) is 0 Å². The normalized spacial score (nSPS) is 19.5. The van der Waals surface area contributed by atoms with Crippen molar-refractivity contribution in [3.05, 3.63) is 35.4 Å². The van der Waals surface area contributed by atoms with Crippen molar-refractivity contribution in [2.45, 2.75) is 45.1 Å². The van der Waals surface area contributed by atoms with Gasteiger partial charge in [-0.05, 0) is 31.2 Å². The van der Waals surface area contributed by atoms with E-state index in [4.69, 9.17) is 5.73 Å². The Morgan fingerprint density at radius 3 is 2.47 bits per heavy atom. The fraction of sp³-hybridized carbons (Fsp3) is 0.533. The summed E-state index contributed by atoms with van der Waals surface area (Å²) in [6, 6.07) is 7.95. The zero-order valence-electron chi connectivity index (χ0n) is 10.6. The van der Waals surface area contributed by atoms with Crippen molar-refractivity contribution in [3.63, 3.8) is 0 Å². The Balaban J connectivity index is 2.28. The first kappa shape index (κ1) is 12.3. The lowest BCUT2D eigenvalue weighted by Gasteiger charge is -2.28. The Labute approximate surface area is 103 Å². The number of benzene rings is 1. The molecule has 1 aliphatic rings. The second kappa shape index (κ2) is 5.01. The van der Waals surface area contributed by atoms with Crippen molar-refractivity contribution in [1.29, 1.82) is 0 Å². The minimum atomic E-state index is -0.101. The van der Waals surface area contributed by atoms with Crippen molar-refractivity contribution in [2.24, 2.45) is 11.7 Å². The van der Waals surface area contributed by atoms with Gasteiger partial charge >= 0.3 is 0 Å². The molecule has 0 amide bonds. The van der Waals surface area contributed by atoms with Crippen LogP contribution in [0.25, 0.3) is 0 Å². The van der Waals surface area contributed by atoms with Gasteiger partial charge in [0.2, 0.25) is 0 Å². The maximum atomic E-state index is 12.4. The van der Waals surface area contributed by atoms with Gasteiger partial charge in [-0.1, -0.05) is 37.6 Å². The highest BCUT2D eigenvalue weighted by molar-refractivity contribution is 5.99. The zero-order valence-corrected chi connectivity index (χ0v) is 10.6. The van der Waals surface area contributed by atoms with Crippen LogP contribution in [0.2, 0.25) is 0 Å². The lowest BCUT2D eigenvalue weighted by molar-refractivity contribution is 0.0915. The van der Waals surface area contributed by atoms with E-state index in [0.717, 1.165) is 5.56 Å². The summed E-state index contributed by atoms with van der Waals surface area (Å²) in [5, 5.41) is 0. The Morgan fingerprint density at radius 2 is 1.94 bits per heavy atom. The molecule has 17 heavy (non-hydrogen) atoms. The SMILES string of the molecule is CC(N)C(C)C(=O)c1ccccc1C1CCC1. The maximum absolute atomic E-state index is 12.4. The van der Waals surface area contributed by atoms with Crippen molar-refractivity contribution in [1.82, 2.24) is 0 Å². The van der Waals surface area contributed by atoms with Crippen molar-refractivity contribution < 1.29 is 4.79 Å². The molecule has 2 N–H and O–H groups in total. The second-order valence-corrected chi connectivity index (χ2v) is 5.23. The van der Waals surface area contributed by atoms with Crippen LogP contribution in [0.4, 0.5) is 0 Å². The molecule has 0 aromatic heterocycles. The lowest BCUT2D eigenvalue weighted by atomic mass is 9.76. The average Bonchev–Trinajstić information content (AvgIpc) is 2.25. The van der Waals surface area contributed by atoms with Crippen LogP contribution in [0.1, 0.15) is 54.9 Å². The number of carbonyl (C=O) groups is 1. The Morgan fingerprint density at radius 1 is 1.29 bits per heavy atom. The Bertz CT molecular complexity index is 407. The number of hydrogen-bond acceptors (Lipinski definition) is 2. The summed E-state index contributed by atoms with van der Waals surface area (Å²) in [6.45, 7) is 3.82. The molecule has 0 aliphatic heterocycles. The fourth-order valence-electron chi connectivity index (χ4n) is 2.28. The van der Waals surface area contributed by atoms with Crippen molar-refractivity contribution in [3.8, 4) is 0 Å². The largest absolute Gasteiger partial charge is 0.327 e. The summed E-state index contributed by atoms with van der Waals surface area (Å²) in [5.74, 6) is 0.689.